The molecule has 5 heteroatoms. The molecule has 0 amide bonds. The monoisotopic (exact) mass is 221 g/mol. The van der Waals surface area contributed by atoms with Crippen LogP contribution in [0.25, 0.3) is 0 Å². The summed E-state index contributed by atoms with van der Waals surface area (Å²) >= 11 is 0. The van der Waals surface area contributed by atoms with E-state index in [1.54, 1.807) is 12.3 Å². The highest BCUT2D eigenvalue weighted by molar-refractivity contribution is 5.79. The molecule has 0 aliphatic heterocycles. The zero-order valence-electron chi connectivity index (χ0n) is 9.88. The summed E-state index contributed by atoms with van der Waals surface area (Å²) < 4.78 is 0. The normalized spacial score (nSPS) is 11.2. The SMILES string of the molecule is C=CCNC(=NCc1cn[nH]c1C)NCC. The number of aliphatic imine (C=N–C) groups is 1. The summed E-state index contributed by atoms with van der Waals surface area (Å²) in [5.41, 5.74) is 2.17. The number of nitrogens with one attached hydrogen (secondary N) is 3. The Balaban J connectivity index is 2.56. The summed E-state index contributed by atoms with van der Waals surface area (Å²) in [5.74, 6) is 0.794. The van der Waals surface area contributed by atoms with E-state index in [1.807, 2.05) is 13.8 Å². The molecule has 0 bridgehead atoms. The quantitative estimate of drug-likeness (QED) is 0.394. The molecule has 1 heterocycles. The van der Waals surface area contributed by atoms with Crippen LogP contribution in [0.5, 0.6) is 0 Å². The number of H-pyrrole nitrogens is 1. The lowest BCUT2D eigenvalue weighted by molar-refractivity contribution is 0.859. The number of hydrogen-bond donors (Lipinski definition) is 3. The zero-order chi connectivity index (χ0) is 11.8. The maximum absolute atomic E-state index is 4.44. The first-order valence-electron chi connectivity index (χ1n) is 5.39. The Hall–Kier alpha value is -1.78. The van der Waals surface area contributed by atoms with Gasteiger partial charge in [0.05, 0.1) is 12.7 Å². The molecule has 1 aromatic rings. The van der Waals surface area contributed by atoms with Crippen molar-refractivity contribution in [1.82, 2.24) is 20.8 Å². The van der Waals surface area contributed by atoms with Crippen molar-refractivity contribution in [2.24, 2.45) is 4.99 Å². The molecule has 0 atom stereocenters. The van der Waals surface area contributed by atoms with E-state index in [2.05, 4.69) is 32.4 Å². The third kappa shape index (κ3) is 3.76. The highest BCUT2D eigenvalue weighted by atomic mass is 15.2. The molecule has 16 heavy (non-hydrogen) atoms. The molecule has 1 rings (SSSR count). The Morgan fingerprint density at radius 1 is 1.62 bits per heavy atom. The lowest BCUT2D eigenvalue weighted by Gasteiger charge is -2.08. The van der Waals surface area contributed by atoms with Crippen LogP contribution in [0.3, 0.4) is 0 Å². The lowest BCUT2D eigenvalue weighted by atomic mass is 10.3. The Labute approximate surface area is 96.1 Å². The average molecular weight is 221 g/mol. The predicted octanol–water partition coefficient (Wildman–Crippen LogP) is 0.959. The highest BCUT2D eigenvalue weighted by Crippen LogP contribution is 2.03. The van der Waals surface area contributed by atoms with Crippen molar-refractivity contribution < 1.29 is 0 Å². The highest BCUT2D eigenvalue weighted by Gasteiger charge is 2.00. The average Bonchev–Trinajstić information content (AvgIpc) is 2.68. The Morgan fingerprint density at radius 3 is 3.00 bits per heavy atom. The summed E-state index contributed by atoms with van der Waals surface area (Å²) in [6.45, 7) is 9.85. The van der Waals surface area contributed by atoms with Crippen molar-refractivity contribution in [2.45, 2.75) is 20.4 Å². The van der Waals surface area contributed by atoms with Gasteiger partial charge in [0.2, 0.25) is 0 Å². The minimum atomic E-state index is 0.620. The number of aromatic nitrogens is 2. The first-order valence-corrected chi connectivity index (χ1v) is 5.39. The number of guanidine groups is 1. The predicted molar refractivity (Wildman–Crippen MR) is 66.3 cm³/mol. The topological polar surface area (TPSA) is 65.1 Å². The lowest BCUT2D eigenvalue weighted by Crippen LogP contribution is -2.37. The molecule has 88 valence electrons. The second-order valence-corrected chi connectivity index (χ2v) is 3.38. The molecule has 0 aromatic carbocycles. The number of aromatic amines is 1. The summed E-state index contributed by atoms with van der Waals surface area (Å²) in [4.78, 5) is 4.44. The zero-order valence-corrected chi connectivity index (χ0v) is 9.88. The summed E-state index contributed by atoms with van der Waals surface area (Å²) in [6.07, 6.45) is 3.60. The van der Waals surface area contributed by atoms with Crippen LogP contribution in [0, 0.1) is 6.92 Å². The molecule has 3 N–H and O–H groups in total. The van der Waals surface area contributed by atoms with Gasteiger partial charge >= 0.3 is 0 Å². The van der Waals surface area contributed by atoms with Gasteiger partial charge in [-0.15, -0.1) is 6.58 Å². The molecule has 0 aliphatic carbocycles. The minimum Gasteiger partial charge on any atom is -0.357 e. The molecular formula is C11H19N5. The van der Waals surface area contributed by atoms with E-state index in [0.717, 1.165) is 23.8 Å². The fraction of sp³-hybridized carbons (Fsp3) is 0.455. The van der Waals surface area contributed by atoms with Crippen molar-refractivity contribution >= 4 is 5.96 Å². The third-order valence-corrected chi connectivity index (χ3v) is 2.10. The Kier molecular flexibility index (Phi) is 5.11. The molecule has 0 radical (unpaired) electrons. The van der Waals surface area contributed by atoms with Crippen molar-refractivity contribution in [3.63, 3.8) is 0 Å². The van der Waals surface area contributed by atoms with Gasteiger partial charge in [0.15, 0.2) is 5.96 Å². The van der Waals surface area contributed by atoms with Crippen LogP contribution in [-0.2, 0) is 6.54 Å². The van der Waals surface area contributed by atoms with Gasteiger partial charge < -0.3 is 10.6 Å². The fourth-order valence-corrected chi connectivity index (χ4v) is 1.21. The van der Waals surface area contributed by atoms with Crippen LogP contribution in [0.1, 0.15) is 18.2 Å². The molecule has 0 aliphatic rings. The molecule has 0 spiro atoms. The fourth-order valence-electron chi connectivity index (χ4n) is 1.21. The van der Waals surface area contributed by atoms with E-state index in [1.165, 1.54) is 0 Å². The third-order valence-electron chi connectivity index (χ3n) is 2.10. The van der Waals surface area contributed by atoms with E-state index in [4.69, 9.17) is 0 Å². The number of hydrogen-bond acceptors (Lipinski definition) is 2. The summed E-state index contributed by atoms with van der Waals surface area (Å²) in [6, 6.07) is 0. The van der Waals surface area contributed by atoms with Crippen molar-refractivity contribution in [2.75, 3.05) is 13.1 Å². The van der Waals surface area contributed by atoms with E-state index >= 15 is 0 Å². The van der Waals surface area contributed by atoms with Crippen molar-refractivity contribution in [1.29, 1.82) is 0 Å². The van der Waals surface area contributed by atoms with Crippen LogP contribution in [0.2, 0.25) is 0 Å². The minimum absolute atomic E-state index is 0.620. The van der Waals surface area contributed by atoms with Crippen LogP contribution < -0.4 is 10.6 Å². The van der Waals surface area contributed by atoms with Gasteiger partial charge in [-0.25, -0.2) is 4.99 Å². The second-order valence-electron chi connectivity index (χ2n) is 3.38. The number of aryl methyl sites for hydroxylation is 1. The maximum Gasteiger partial charge on any atom is 0.191 e. The van der Waals surface area contributed by atoms with Crippen LogP contribution in [0.4, 0.5) is 0 Å². The van der Waals surface area contributed by atoms with Crippen molar-refractivity contribution in [3.05, 3.63) is 30.1 Å². The second kappa shape index (κ2) is 6.66. The van der Waals surface area contributed by atoms with Crippen LogP contribution in [0.15, 0.2) is 23.8 Å². The van der Waals surface area contributed by atoms with E-state index in [-0.39, 0.29) is 0 Å². The smallest absolute Gasteiger partial charge is 0.191 e. The first-order chi connectivity index (χ1) is 7.77. The molecule has 1 aromatic heterocycles. The van der Waals surface area contributed by atoms with Crippen LogP contribution in [-0.4, -0.2) is 29.2 Å². The molecule has 5 nitrogen and oxygen atoms in total. The Morgan fingerprint density at radius 2 is 2.44 bits per heavy atom. The molecule has 0 fully saturated rings. The molecule has 0 saturated carbocycles. The van der Waals surface area contributed by atoms with E-state index < -0.39 is 0 Å². The molecule has 0 saturated heterocycles. The van der Waals surface area contributed by atoms with Gasteiger partial charge in [-0.05, 0) is 13.8 Å². The number of rotatable bonds is 5. The molecule has 0 unspecified atom stereocenters. The maximum atomic E-state index is 4.44. The van der Waals surface area contributed by atoms with Gasteiger partial charge in [-0.3, -0.25) is 5.10 Å². The van der Waals surface area contributed by atoms with Gasteiger partial charge in [-0.2, -0.15) is 5.10 Å². The van der Waals surface area contributed by atoms with Gasteiger partial charge in [-0.1, -0.05) is 6.08 Å². The first kappa shape index (κ1) is 12.3. The van der Waals surface area contributed by atoms with E-state index in [0.29, 0.717) is 13.1 Å². The Bertz CT molecular complexity index is 353. The molecular weight excluding hydrogens is 202 g/mol. The standard InChI is InChI=1S/C11H19N5/c1-4-6-13-11(12-5-2)14-7-10-8-15-16-9(10)3/h4,8H,1,5-7H2,2-3H3,(H,15,16)(H2,12,13,14). The summed E-state index contributed by atoms with van der Waals surface area (Å²) in [5, 5.41) is 13.2. The van der Waals surface area contributed by atoms with Gasteiger partial charge in [0.1, 0.15) is 0 Å². The largest absolute Gasteiger partial charge is 0.357 e. The van der Waals surface area contributed by atoms with E-state index in [9.17, 15) is 0 Å². The van der Waals surface area contributed by atoms with Gasteiger partial charge in [0, 0.05) is 24.3 Å². The van der Waals surface area contributed by atoms with Gasteiger partial charge in [0.25, 0.3) is 0 Å². The summed E-state index contributed by atoms with van der Waals surface area (Å²) in [7, 11) is 0. The van der Waals surface area contributed by atoms with Crippen LogP contribution >= 0.6 is 0 Å². The van der Waals surface area contributed by atoms with Crippen molar-refractivity contribution in [3.8, 4) is 0 Å². The number of nitrogens with zero attached hydrogens (tertiary/aromatic N) is 2.